The van der Waals surface area contributed by atoms with Gasteiger partial charge in [0.05, 0.1) is 12.2 Å². The maximum absolute atomic E-state index is 11.7. The van der Waals surface area contributed by atoms with Gasteiger partial charge in [-0.05, 0) is 20.8 Å². The molecular weight excluding hydrogens is 232 g/mol. The summed E-state index contributed by atoms with van der Waals surface area (Å²) >= 11 is 5.56. The summed E-state index contributed by atoms with van der Waals surface area (Å²) in [5.41, 5.74) is 0. The van der Waals surface area contributed by atoms with Crippen LogP contribution in [-0.4, -0.2) is 47.5 Å². The van der Waals surface area contributed by atoms with E-state index in [0.717, 1.165) is 0 Å². The molecule has 0 radical (unpaired) electrons. The average molecular weight is 249 g/mol. The zero-order valence-electron chi connectivity index (χ0n) is 9.70. The quantitative estimate of drug-likeness (QED) is 0.704. The molecule has 1 aliphatic heterocycles. The van der Waals surface area contributed by atoms with Crippen LogP contribution in [-0.2, 0) is 9.53 Å². The number of morpholine rings is 1. The number of nitrogens with one attached hydrogen (secondary N) is 1. The highest BCUT2D eigenvalue weighted by molar-refractivity contribution is 6.31. The van der Waals surface area contributed by atoms with Crippen LogP contribution in [0.4, 0.5) is 4.79 Å². The number of nitrogens with zero attached hydrogens (tertiary/aromatic N) is 1. The second-order valence-electron chi connectivity index (χ2n) is 4.07. The topological polar surface area (TPSA) is 58.6 Å². The molecule has 6 heteroatoms. The van der Waals surface area contributed by atoms with Gasteiger partial charge in [0, 0.05) is 13.1 Å². The Morgan fingerprint density at radius 1 is 1.38 bits per heavy atom. The van der Waals surface area contributed by atoms with Crippen molar-refractivity contribution in [2.45, 2.75) is 38.4 Å². The van der Waals surface area contributed by atoms with E-state index < -0.39 is 17.3 Å². The standard InChI is InChI=1S/C10H17ClN2O3/c1-6-4-13(5-7(2)16-6)10(15)12-9(14)8(3)11/h6-8H,4-5H2,1-3H3,(H,12,14,15)/t6-,7+,8?. The average Bonchev–Trinajstić information content (AvgIpc) is 2.15. The molecule has 16 heavy (non-hydrogen) atoms. The van der Waals surface area contributed by atoms with Gasteiger partial charge in [-0.25, -0.2) is 4.79 Å². The summed E-state index contributed by atoms with van der Waals surface area (Å²) < 4.78 is 5.49. The van der Waals surface area contributed by atoms with Crippen molar-refractivity contribution in [1.29, 1.82) is 0 Å². The summed E-state index contributed by atoms with van der Waals surface area (Å²) in [5.74, 6) is -0.474. The molecule has 1 rings (SSSR count). The molecule has 0 bridgehead atoms. The van der Waals surface area contributed by atoms with Crippen LogP contribution < -0.4 is 5.32 Å². The second kappa shape index (κ2) is 5.50. The molecule has 0 aliphatic carbocycles. The van der Waals surface area contributed by atoms with Crippen molar-refractivity contribution in [1.82, 2.24) is 10.2 Å². The van der Waals surface area contributed by atoms with E-state index in [0.29, 0.717) is 13.1 Å². The lowest BCUT2D eigenvalue weighted by Gasteiger charge is -2.35. The lowest BCUT2D eigenvalue weighted by molar-refractivity contribution is -0.120. The van der Waals surface area contributed by atoms with Crippen LogP contribution in [0.5, 0.6) is 0 Å². The maximum atomic E-state index is 11.7. The number of halogens is 1. The summed E-state index contributed by atoms with van der Waals surface area (Å²) in [5, 5.41) is 1.54. The van der Waals surface area contributed by atoms with Crippen molar-refractivity contribution in [3.63, 3.8) is 0 Å². The first-order valence-corrected chi connectivity index (χ1v) is 5.73. The zero-order chi connectivity index (χ0) is 12.3. The van der Waals surface area contributed by atoms with Gasteiger partial charge in [0.1, 0.15) is 5.38 Å². The molecular formula is C10H17ClN2O3. The number of amides is 3. The molecule has 3 amide bonds. The van der Waals surface area contributed by atoms with E-state index >= 15 is 0 Å². The second-order valence-corrected chi connectivity index (χ2v) is 4.73. The Morgan fingerprint density at radius 2 is 1.88 bits per heavy atom. The van der Waals surface area contributed by atoms with Crippen LogP contribution in [0.2, 0.25) is 0 Å². The van der Waals surface area contributed by atoms with Crippen LogP contribution in [0.15, 0.2) is 0 Å². The normalized spacial score (nSPS) is 27.4. The molecule has 92 valence electrons. The number of urea groups is 1. The molecule has 1 unspecified atom stereocenters. The van der Waals surface area contributed by atoms with E-state index in [4.69, 9.17) is 16.3 Å². The van der Waals surface area contributed by atoms with E-state index in [2.05, 4.69) is 5.32 Å². The highest BCUT2D eigenvalue weighted by Gasteiger charge is 2.27. The van der Waals surface area contributed by atoms with Gasteiger partial charge in [0.25, 0.3) is 0 Å². The van der Waals surface area contributed by atoms with Gasteiger partial charge in [-0.15, -0.1) is 11.6 Å². The maximum Gasteiger partial charge on any atom is 0.324 e. The monoisotopic (exact) mass is 248 g/mol. The molecule has 1 N–H and O–H groups in total. The molecule has 3 atom stereocenters. The number of rotatable bonds is 1. The van der Waals surface area contributed by atoms with Crippen molar-refractivity contribution >= 4 is 23.5 Å². The van der Waals surface area contributed by atoms with Crippen LogP contribution in [0, 0.1) is 0 Å². The Hall–Kier alpha value is -0.810. The first-order valence-electron chi connectivity index (χ1n) is 5.29. The van der Waals surface area contributed by atoms with Gasteiger partial charge in [0.2, 0.25) is 5.91 Å². The van der Waals surface area contributed by atoms with E-state index in [1.165, 1.54) is 6.92 Å². The number of hydrogen-bond donors (Lipinski definition) is 1. The van der Waals surface area contributed by atoms with E-state index in [1.54, 1.807) is 4.90 Å². The Kier molecular flexibility index (Phi) is 4.56. The van der Waals surface area contributed by atoms with Crippen molar-refractivity contribution in [3.05, 3.63) is 0 Å². The predicted molar refractivity (Wildman–Crippen MR) is 60.4 cm³/mol. The summed E-state index contributed by atoms with van der Waals surface area (Å²) in [6.07, 6.45) is -0.0314. The first-order chi connectivity index (χ1) is 7.40. The van der Waals surface area contributed by atoms with Crippen molar-refractivity contribution in [3.8, 4) is 0 Å². The Labute approximate surface area is 100 Å². The molecule has 1 aliphatic rings. The number of ether oxygens (including phenoxy) is 1. The molecule has 1 saturated heterocycles. The first kappa shape index (κ1) is 13.3. The number of carbonyl (C=O) groups is 2. The number of hydrogen-bond acceptors (Lipinski definition) is 3. The van der Waals surface area contributed by atoms with E-state index in [1.807, 2.05) is 13.8 Å². The summed E-state index contributed by atoms with van der Waals surface area (Å²) in [6, 6.07) is -0.403. The predicted octanol–water partition coefficient (Wildman–Crippen LogP) is 0.959. The van der Waals surface area contributed by atoms with Crippen molar-refractivity contribution in [2.24, 2.45) is 0 Å². The molecule has 0 aromatic heterocycles. The molecule has 1 fully saturated rings. The summed E-state index contributed by atoms with van der Waals surface area (Å²) in [6.45, 7) is 6.28. The van der Waals surface area contributed by atoms with E-state index in [9.17, 15) is 9.59 Å². The van der Waals surface area contributed by atoms with Gasteiger partial charge in [0.15, 0.2) is 0 Å². The highest BCUT2D eigenvalue weighted by Crippen LogP contribution is 2.10. The SMILES string of the molecule is CC(Cl)C(=O)NC(=O)N1C[C@@H](C)O[C@@H](C)C1. The van der Waals surface area contributed by atoms with Crippen molar-refractivity contribution in [2.75, 3.05) is 13.1 Å². The Balaban J connectivity index is 2.50. The number of carbonyl (C=O) groups excluding carboxylic acids is 2. The molecule has 0 saturated carbocycles. The number of alkyl halides is 1. The van der Waals surface area contributed by atoms with Gasteiger partial charge in [-0.1, -0.05) is 0 Å². The largest absolute Gasteiger partial charge is 0.372 e. The molecule has 5 nitrogen and oxygen atoms in total. The summed E-state index contributed by atoms with van der Waals surface area (Å²) in [4.78, 5) is 24.5. The van der Waals surface area contributed by atoms with Crippen LogP contribution >= 0.6 is 11.6 Å². The highest BCUT2D eigenvalue weighted by atomic mass is 35.5. The Morgan fingerprint density at radius 3 is 2.31 bits per heavy atom. The van der Waals surface area contributed by atoms with Gasteiger partial charge >= 0.3 is 6.03 Å². The smallest absolute Gasteiger partial charge is 0.324 e. The van der Waals surface area contributed by atoms with E-state index in [-0.39, 0.29) is 12.2 Å². The van der Waals surface area contributed by atoms with Crippen molar-refractivity contribution < 1.29 is 14.3 Å². The minimum absolute atomic E-state index is 0.0157. The fourth-order valence-electron chi connectivity index (χ4n) is 1.63. The van der Waals surface area contributed by atoms with Gasteiger partial charge in [-0.3, -0.25) is 10.1 Å². The fraction of sp³-hybridized carbons (Fsp3) is 0.800. The summed E-state index contributed by atoms with van der Waals surface area (Å²) in [7, 11) is 0. The lowest BCUT2D eigenvalue weighted by Crippen LogP contribution is -2.53. The lowest BCUT2D eigenvalue weighted by atomic mass is 10.2. The van der Waals surface area contributed by atoms with Gasteiger partial charge in [-0.2, -0.15) is 0 Å². The molecule has 1 heterocycles. The van der Waals surface area contributed by atoms with Gasteiger partial charge < -0.3 is 9.64 Å². The molecule has 0 aromatic rings. The number of imide groups is 1. The molecule has 0 spiro atoms. The fourth-order valence-corrected chi connectivity index (χ4v) is 1.68. The Bertz CT molecular complexity index is 273. The van der Waals surface area contributed by atoms with Crippen LogP contribution in [0.3, 0.4) is 0 Å². The minimum Gasteiger partial charge on any atom is -0.372 e. The zero-order valence-corrected chi connectivity index (χ0v) is 10.5. The third-order valence-electron chi connectivity index (χ3n) is 2.30. The third kappa shape index (κ3) is 3.64. The minimum atomic E-state index is -0.708. The van der Waals surface area contributed by atoms with Crippen LogP contribution in [0.25, 0.3) is 0 Å². The van der Waals surface area contributed by atoms with Crippen LogP contribution in [0.1, 0.15) is 20.8 Å². The molecule has 0 aromatic carbocycles. The third-order valence-corrected chi connectivity index (χ3v) is 2.50.